The molecule has 0 unspecified atom stereocenters. The number of carbonyl (C=O) groups excluding carboxylic acids is 1. The first-order valence-corrected chi connectivity index (χ1v) is 5.28. The van der Waals surface area contributed by atoms with Crippen molar-refractivity contribution in [2.75, 3.05) is 0 Å². The first-order chi connectivity index (χ1) is 6.32. The van der Waals surface area contributed by atoms with Crippen LogP contribution in [-0.4, -0.2) is 5.97 Å². The van der Waals surface area contributed by atoms with Crippen molar-refractivity contribution in [1.29, 1.82) is 0 Å². The van der Waals surface area contributed by atoms with Crippen LogP contribution in [0.1, 0.15) is 36.6 Å². The van der Waals surface area contributed by atoms with Gasteiger partial charge in [0.2, 0.25) is 0 Å². The molecule has 0 amide bonds. The average molecular weight is 213 g/mol. The Kier molecular flexibility index (Phi) is 2.97. The number of rotatable bonds is 2. The zero-order valence-corrected chi connectivity index (χ0v) is 9.48. The molecule has 3 nitrogen and oxygen atoms in total. The maximum absolute atomic E-state index is 10.6. The Labute approximate surface area is 87.6 Å². The molecule has 0 bridgehead atoms. The first kappa shape index (κ1) is 11.2. The van der Waals surface area contributed by atoms with Crippen LogP contribution in [0.15, 0.2) is 12.1 Å². The van der Waals surface area contributed by atoms with E-state index in [9.17, 15) is 9.90 Å². The van der Waals surface area contributed by atoms with Gasteiger partial charge in [-0.25, -0.2) is 0 Å². The first-order valence-electron chi connectivity index (χ1n) is 4.46. The van der Waals surface area contributed by atoms with Gasteiger partial charge in [0.15, 0.2) is 6.04 Å². The van der Waals surface area contributed by atoms with Gasteiger partial charge in [-0.3, -0.25) is 0 Å². The van der Waals surface area contributed by atoms with Gasteiger partial charge in [-0.2, -0.15) is 0 Å². The molecule has 4 heteroatoms. The maximum atomic E-state index is 10.6. The number of carboxylic acids is 1. The largest absolute Gasteiger partial charge is 0.544 e. The molecule has 14 heavy (non-hydrogen) atoms. The molecule has 0 fully saturated rings. The topological polar surface area (TPSA) is 67.8 Å². The number of aliphatic carboxylic acids is 1. The number of thiophene rings is 1. The van der Waals surface area contributed by atoms with Crippen molar-refractivity contribution in [2.45, 2.75) is 32.2 Å². The summed E-state index contributed by atoms with van der Waals surface area (Å²) in [5.74, 6) is -1.12. The van der Waals surface area contributed by atoms with E-state index in [1.165, 1.54) is 16.2 Å². The maximum Gasteiger partial charge on any atom is 0.159 e. The van der Waals surface area contributed by atoms with Crippen LogP contribution >= 0.6 is 11.3 Å². The van der Waals surface area contributed by atoms with E-state index in [4.69, 9.17) is 0 Å². The highest BCUT2D eigenvalue weighted by molar-refractivity contribution is 7.12. The zero-order chi connectivity index (χ0) is 10.9. The SMILES string of the molecule is CC(C)(C)c1ccc([C@H]([NH3+])C(=O)[O-])s1. The Morgan fingerprint density at radius 1 is 1.50 bits per heavy atom. The highest BCUT2D eigenvalue weighted by atomic mass is 32.1. The van der Waals surface area contributed by atoms with Gasteiger partial charge in [0.05, 0.1) is 4.88 Å². The van der Waals surface area contributed by atoms with Gasteiger partial charge < -0.3 is 15.6 Å². The van der Waals surface area contributed by atoms with Crippen molar-refractivity contribution in [2.24, 2.45) is 0 Å². The monoisotopic (exact) mass is 213 g/mol. The number of quaternary nitrogens is 1. The molecule has 1 atom stereocenters. The second-order valence-corrected chi connectivity index (χ2v) is 5.44. The van der Waals surface area contributed by atoms with Crippen LogP contribution in [0.2, 0.25) is 0 Å². The van der Waals surface area contributed by atoms with E-state index in [0.717, 1.165) is 4.88 Å². The van der Waals surface area contributed by atoms with E-state index in [2.05, 4.69) is 26.5 Å². The number of hydrogen-bond acceptors (Lipinski definition) is 3. The fraction of sp³-hybridized carbons (Fsp3) is 0.500. The van der Waals surface area contributed by atoms with Gasteiger partial charge in [0.1, 0.15) is 5.97 Å². The van der Waals surface area contributed by atoms with E-state index in [0.29, 0.717) is 0 Å². The van der Waals surface area contributed by atoms with Gasteiger partial charge in [0, 0.05) is 4.88 Å². The third-order valence-corrected chi connectivity index (χ3v) is 3.62. The summed E-state index contributed by atoms with van der Waals surface area (Å²) < 4.78 is 0. The molecule has 1 rings (SSSR count). The van der Waals surface area contributed by atoms with Crippen LogP contribution in [-0.2, 0) is 10.2 Å². The lowest BCUT2D eigenvalue weighted by Crippen LogP contribution is -2.60. The van der Waals surface area contributed by atoms with Crippen LogP contribution < -0.4 is 10.8 Å². The van der Waals surface area contributed by atoms with Gasteiger partial charge >= 0.3 is 0 Å². The second-order valence-electron chi connectivity index (χ2n) is 4.32. The van der Waals surface area contributed by atoms with Crippen molar-refractivity contribution in [3.63, 3.8) is 0 Å². The van der Waals surface area contributed by atoms with Crippen molar-refractivity contribution >= 4 is 17.3 Å². The Morgan fingerprint density at radius 2 is 2.07 bits per heavy atom. The Balaban J connectivity index is 2.94. The number of carboxylic acid groups (broad SMARTS) is 1. The van der Waals surface area contributed by atoms with Crippen LogP contribution in [0.5, 0.6) is 0 Å². The second kappa shape index (κ2) is 3.71. The van der Waals surface area contributed by atoms with Crippen LogP contribution in [0.3, 0.4) is 0 Å². The minimum atomic E-state index is -1.12. The zero-order valence-electron chi connectivity index (χ0n) is 8.66. The van der Waals surface area contributed by atoms with Gasteiger partial charge in [0.25, 0.3) is 0 Å². The van der Waals surface area contributed by atoms with Gasteiger partial charge in [-0.1, -0.05) is 20.8 Å². The summed E-state index contributed by atoms with van der Waals surface area (Å²) in [5, 5.41) is 10.6. The van der Waals surface area contributed by atoms with E-state index in [-0.39, 0.29) is 5.41 Å². The Morgan fingerprint density at radius 3 is 2.43 bits per heavy atom. The summed E-state index contributed by atoms with van der Waals surface area (Å²) in [6, 6.07) is 3.02. The Hall–Kier alpha value is -0.870. The lowest BCUT2D eigenvalue weighted by atomic mass is 9.95. The van der Waals surface area contributed by atoms with Gasteiger partial charge in [-0.15, -0.1) is 11.3 Å². The molecule has 1 aromatic heterocycles. The van der Waals surface area contributed by atoms with Crippen molar-refractivity contribution in [3.05, 3.63) is 21.9 Å². The van der Waals surface area contributed by atoms with Crippen LogP contribution in [0.25, 0.3) is 0 Å². The lowest BCUT2D eigenvalue weighted by molar-refractivity contribution is -0.442. The molecule has 0 radical (unpaired) electrons. The molecule has 0 aromatic carbocycles. The van der Waals surface area contributed by atoms with Crippen molar-refractivity contribution in [3.8, 4) is 0 Å². The molecule has 0 spiro atoms. The minimum absolute atomic E-state index is 0.0641. The summed E-state index contributed by atoms with van der Waals surface area (Å²) in [5.41, 5.74) is 3.62. The molecule has 0 aliphatic heterocycles. The highest BCUT2D eigenvalue weighted by Gasteiger charge is 2.19. The molecule has 1 heterocycles. The smallest absolute Gasteiger partial charge is 0.159 e. The fourth-order valence-electron chi connectivity index (χ4n) is 1.06. The van der Waals surface area contributed by atoms with E-state index < -0.39 is 12.0 Å². The average Bonchev–Trinajstić information content (AvgIpc) is 2.49. The summed E-state index contributed by atoms with van der Waals surface area (Å²) in [6.45, 7) is 6.29. The summed E-state index contributed by atoms with van der Waals surface area (Å²) in [7, 11) is 0. The lowest BCUT2D eigenvalue weighted by Gasteiger charge is -2.15. The standard InChI is InChI=1S/C10H15NO2S/c1-10(2,3)7-5-4-6(14-7)8(11)9(12)13/h4-5,8H,11H2,1-3H3,(H,12,13)/t8-/m0/s1. The van der Waals surface area contributed by atoms with Gasteiger partial charge in [-0.05, 0) is 17.5 Å². The summed E-state index contributed by atoms with van der Waals surface area (Å²) in [4.78, 5) is 12.5. The molecular weight excluding hydrogens is 198 g/mol. The van der Waals surface area contributed by atoms with Crippen molar-refractivity contribution in [1.82, 2.24) is 0 Å². The third-order valence-electron chi connectivity index (χ3n) is 1.99. The molecular formula is C10H15NO2S. The normalized spacial score (nSPS) is 14.0. The van der Waals surface area contributed by atoms with E-state index >= 15 is 0 Å². The molecule has 0 aliphatic carbocycles. The summed E-state index contributed by atoms with van der Waals surface area (Å²) >= 11 is 1.49. The highest BCUT2D eigenvalue weighted by Crippen LogP contribution is 2.31. The van der Waals surface area contributed by atoms with E-state index in [1.807, 2.05) is 12.1 Å². The van der Waals surface area contributed by atoms with Crippen LogP contribution in [0.4, 0.5) is 0 Å². The molecule has 0 aliphatic rings. The fourth-order valence-corrected chi connectivity index (χ4v) is 2.13. The minimum Gasteiger partial charge on any atom is -0.544 e. The van der Waals surface area contributed by atoms with E-state index in [1.54, 1.807) is 0 Å². The number of carbonyl (C=O) groups is 1. The Bertz CT molecular complexity index is 338. The third kappa shape index (κ3) is 2.33. The summed E-state index contributed by atoms with van der Waals surface area (Å²) in [6.07, 6.45) is 0. The number of hydrogen-bond donors (Lipinski definition) is 1. The predicted octanol–water partition coefficient (Wildman–Crippen LogP) is 0.0785. The van der Waals surface area contributed by atoms with Crippen molar-refractivity contribution < 1.29 is 15.6 Å². The predicted molar refractivity (Wildman–Crippen MR) is 53.7 cm³/mol. The molecule has 1 aromatic rings. The van der Waals surface area contributed by atoms with Crippen LogP contribution in [0, 0.1) is 0 Å². The molecule has 0 saturated heterocycles. The molecule has 3 N–H and O–H groups in total. The molecule has 78 valence electrons. The quantitative estimate of drug-likeness (QED) is 0.756. The molecule has 0 saturated carbocycles.